The van der Waals surface area contributed by atoms with E-state index < -0.39 is 5.97 Å². The fraction of sp³-hybridized carbons (Fsp3) is 0.286. The highest BCUT2D eigenvalue weighted by Gasteiger charge is 2.23. The lowest BCUT2D eigenvalue weighted by Crippen LogP contribution is -2.36. The SMILES string of the molecule is O=C(COC(=O)/C(=C/c1cccs1)n1nnnc1-c1ccccc1)NC1CCCC1. The van der Waals surface area contributed by atoms with E-state index in [2.05, 4.69) is 20.8 Å². The van der Waals surface area contributed by atoms with Crippen LogP contribution < -0.4 is 5.32 Å². The van der Waals surface area contributed by atoms with Crippen molar-refractivity contribution < 1.29 is 14.3 Å². The molecule has 1 fully saturated rings. The Hall–Kier alpha value is -3.33. The summed E-state index contributed by atoms with van der Waals surface area (Å²) in [6, 6.07) is 13.2. The van der Waals surface area contributed by atoms with E-state index in [4.69, 9.17) is 4.74 Å². The molecule has 4 rings (SSSR count). The summed E-state index contributed by atoms with van der Waals surface area (Å²) in [4.78, 5) is 25.9. The van der Waals surface area contributed by atoms with Gasteiger partial charge in [-0.25, -0.2) is 4.79 Å². The number of carbonyl (C=O) groups excluding carboxylic acids is 2. The molecule has 1 aliphatic rings. The Bertz CT molecular complexity index is 1020. The first-order chi connectivity index (χ1) is 14.7. The zero-order chi connectivity index (χ0) is 20.8. The van der Waals surface area contributed by atoms with Crippen LogP contribution in [0.15, 0.2) is 47.8 Å². The second-order valence-corrected chi connectivity index (χ2v) is 7.93. The van der Waals surface area contributed by atoms with Crippen molar-refractivity contribution in [3.63, 3.8) is 0 Å². The van der Waals surface area contributed by atoms with Crippen LogP contribution in [0.5, 0.6) is 0 Å². The van der Waals surface area contributed by atoms with Crippen LogP contribution in [-0.4, -0.2) is 44.7 Å². The molecule has 0 atom stereocenters. The number of hydrogen-bond acceptors (Lipinski definition) is 7. The average Bonchev–Trinajstić information content (AvgIpc) is 3.53. The lowest BCUT2D eigenvalue weighted by molar-refractivity contribution is -0.143. The first-order valence-electron chi connectivity index (χ1n) is 9.76. The van der Waals surface area contributed by atoms with Crippen LogP contribution in [0.2, 0.25) is 0 Å². The maximum absolute atomic E-state index is 12.9. The van der Waals surface area contributed by atoms with Crippen LogP contribution in [-0.2, 0) is 14.3 Å². The minimum Gasteiger partial charge on any atom is -0.451 e. The van der Waals surface area contributed by atoms with Crippen molar-refractivity contribution in [2.24, 2.45) is 0 Å². The van der Waals surface area contributed by atoms with Crippen molar-refractivity contribution in [2.75, 3.05) is 6.61 Å². The van der Waals surface area contributed by atoms with E-state index in [0.717, 1.165) is 36.1 Å². The van der Waals surface area contributed by atoms with Crippen molar-refractivity contribution in [2.45, 2.75) is 31.7 Å². The Morgan fingerprint density at radius 2 is 1.97 bits per heavy atom. The number of ether oxygens (including phenoxy) is 1. The third-order valence-corrected chi connectivity index (χ3v) is 5.63. The van der Waals surface area contributed by atoms with Crippen LogP contribution in [0, 0.1) is 0 Å². The Kier molecular flexibility index (Phi) is 6.29. The quantitative estimate of drug-likeness (QED) is 0.463. The van der Waals surface area contributed by atoms with Gasteiger partial charge in [-0.2, -0.15) is 4.68 Å². The monoisotopic (exact) mass is 423 g/mol. The molecule has 1 N–H and O–H groups in total. The number of nitrogens with zero attached hydrogens (tertiary/aromatic N) is 4. The highest BCUT2D eigenvalue weighted by Crippen LogP contribution is 2.23. The van der Waals surface area contributed by atoms with Gasteiger partial charge in [-0.3, -0.25) is 4.79 Å². The maximum Gasteiger partial charge on any atom is 0.357 e. The molecule has 154 valence electrons. The Balaban J connectivity index is 1.55. The fourth-order valence-electron chi connectivity index (χ4n) is 3.38. The lowest BCUT2D eigenvalue weighted by Gasteiger charge is -2.13. The Morgan fingerprint density at radius 3 is 2.70 bits per heavy atom. The van der Waals surface area contributed by atoms with Gasteiger partial charge in [0.2, 0.25) is 0 Å². The third kappa shape index (κ3) is 4.80. The smallest absolute Gasteiger partial charge is 0.357 e. The van der Waals surface area contributed by atoms with Gasteiger partial charge in [0.25, 0.3) is 5.91 Å². The maximum atomic E-state index is 12.9. The first-order valence-corrected chi connectivity index (χ1v) is 10.6. The van der Waals surface area contributed by atoms with Gasteiger partial charge in [-0.05, 0) is 40.8 Å². The summed E-state index contributed by atoms with van der Waals surface area (Å²) < 4.78 is 6.65. The summed E-state index contributed by atoms with van der Waals surface area (Å²) in [6.07, 6.45) is 5.81. The second-order valence-electron chi connectivity index (χ2n) is 6.95. The molecule has 3 aromatic rings. The summed E-state index contributed by atoms with van der Waals surface area (Å²) in [5.41, 5.74) is 0.890. The number of hydrogen-bond donors (Lipinski definition) is 1. The van der Waals surface area contributed by atoms with E-state index in [1.54, 1.807) is 6.08 Å². The van der Waals surface area contributed by atoms with Gasteiger partial charge in [-0.15, -0.1) is 16.4 Å². The molecule has 30 heavy (non-hydrogen) atoms. The van der Waals surface area contributed by atoms with Gasteiger partial charge in [0, 0.05) is 16.5 Å². The second kappa shape index (κ2) is 9.45. The molecule has 0 saturated heterocycles. The topological polar surface area (TPSA) is 99.0 Å². The van der Waals surface area contributed by atoms with E-state index in [0.29, 0.717) is 5.82 Å². The number of aromatic nitrogens is 4. The van der Waals surface area contributed by atoms with E-state index in [9.17, 15) is 9.59 Å². The molecule has 1 saturated carbocycles. The molecule has 2 heterocycles. The van der Waals surface area contributed by atoms with Crippen molar-refractivity contribution in [3.8, 4) is 11.4 Å². The number of amides is 1. The van der Waals surface area contributed by atoms with Crippen LogP contribution >= 0.6 is 11.3 Å². The van der Waals surface area contributed by atoms with E-state index >= 15 is 0 Å². The van der Waals surface area contributed by atoms with Crippen molar-refractivity contribution in [1.29, 1.82) is 0 Å². The molecule has 0 unspecified atom stereocenters. The standard InChI is InChI=1S/C21H21N5O3S/c27-19(22-16-9-4-5-10-16)14-29-21(28)18(13-17-11-6-12-30-17)26-20(23-24-25-26)15-7-2-1-3-8-15/h1-3,6-8,11-13,16H,4-5,9-10,14H2,(H,22,27)/b18-13-. The van der Waals surface area contributed by atoms with Gasteiger partial charge in [-0.1, -0.05) is 49.2 Å². The minimum absolute atomic E-state index is 0.134. The largest absolute Gasteiger partial charge is 0.451 e. The summed E-state index contributed by atoms with van der Waals surface area (Å²) >= 11 is 1.47. The first kappa shape index (κ1) is 20.0. The highest BCUT2D eigenvalue weighted by atomic mass is 32.1. The van der Waals surface area contributed by atoms with Gasteiger partial charge in [0.15, 0.2) is 18.1 Å². The van der Waals surface area contributed by atoms with E-state index in [-0.39, 0.29) is 24.3 Å². The molecule has 9 heteroatoms. The van der Waals surface area contributed by atoms with Crippen molar-refractivity contribution in [3.05, 3.63) is 52.7 Å². The zero-order valence-electron chi connectivity index (χ0n) is 16.2. The lowest BCUT2D eigenvalue weighted by atomic mass is 10.2. The zero-order valence-corrected chi connectivity index (χ0v) is 17.0. The number of rotatable bonds is 7. The number of nitrogens with one attached hydrogen (secondary N) is 1. The Labute approximate surface area is 177 Å². The summed E-state index contributed by atoms with van der Waals surface area (Å²) in [6.45, 7) is -0.347. The number of carbonyl (C=O) groups is 2. The molecule has 0 aliphatic heterocycles. The molecular formula is C21H21N5O3S. The molecule has 1 amide bonds. The predicted molar refractivity (Wildman–Crippen MR) is 113 cm³/mol. The van der Waals surface area contributed by atoms with Gasteiger partial charge in [0.1, 0.15) is 0 Å². The molecule has 1 aromatic carbocycles. The number of esters is 1. The summed E-state index contributed by atoms with van der Waals surface area (Å²) in [5, 5.41) is 16.6. The van der Waals surface area contributed by atoms with E-state index in [1.165, 1.54) is 16.0 Å². The fourth-order valence-corrected chi connectivity index (χ4v) is 4.03. The molecule has 8 nitrogen and oxygen atoms in total. The number of thiophene rings is 1. The Morgan fingerprint density at radius 1 is 1.17 bits per heavy atom. The molecule has 0 radical (unpaired) electrons. The van der Waals surface area contributed by atoms with Crippen molar-refractivity contribution in [1.82, 2.24) is 25.5 Å². The van der Waals surface area contributed by atoms with Crippen LogP contribution in [0.25, 0.3) is 23.2 Å². The summed E-state index contributed by atoms with van der Waals surface area (Å²) in [7, 11) is 0. The van der Waals surface area contributed by atoms with Gasteiger partial charge < -0.3 is 10.1 Å². The normalized spacial score (nSPS) is 14.6. The average molecular weight is 423 g/mol. The highest BCUT2D eigenvalue weighted by molar-refractivity contribution is 7.10. The molecule has 0 bridgehead atoms. The van der Waals surface area contributed by atoms with Crippen LogP contribution in [0.3, 0.4) is 0 Å². The molecule has 0 spiro atoms. The van der Waals surface area contributed by atoms with Crippen LogP contribution in [0.4, 0.5) is 0 Å². The summed E-state index contributed by atoms with van der Waals surface area (Å²) in [5.74, 6) is -0.564. The molecule has 2 aromatic heterocycles. The van der Waals surface area contributed by atoms with E-state index in [1.807, 2.05) is 47.8 Å². The predicted octanol–water partition coefficient (Wildman–Crippen LogP) is 3.00. The molecule has 1 aliphatic carbocycles. The molecular weight excluding hydrogens is 402 g/mol. The number of benzene rings is 1. The van der Waals surface area contributed by atoms with Gasteiger partial charge >= 0.3 is 5.97 Å². The van der Waals surface area contributed by atoms with Crippen LogP contribution in [0.1, 0.15) is 30.6 Å². The third-order valence-electron chi connectivity index (χ3n) is 4.82. The minimum atomic E-state index is -0.672. The van der Waals surface area contributed by atoms with Gasteiger partial charge in [0.05, 0.1) is 0 Å². The van der Waals surface area contributed by atoms with Crippen molar-refractivity contribution >= 4 is 35.0 Å². The number of tetrazole rings is 1.